The zero-order valence-corrected chi connectivity index (χ0v) is 19.9. The van der Waals surface area contributed by atoms with Crippen LogP contribution in [-0.4, -0.2) is 40.8 Å². The summed E-state index contributed by atoms with van der Waals surface area (Å²) in [6, 6.07) is 10.1. The molecule has 1 amide bonds. The average molecular weight is 518 g/mol. The first-order chi connectivity index (χ1) is 15.2. The molecule has 0 radical (unpaired) electrons. The molecular weight excluding hydrogens is 498 g/mol. The Kier molecular flexibility index (Phi) is 7.42. The first-order valence-electron chi connectivity index (χ1n) is 9.52. The normalized spacial score (nSPS) is 16.0. The number of aryl methyl sites for hydroxylation is 1. The fourth-order valence-electron chi connectivity index (χ4n) is 2.83. The lowest BCUT2D eigenvalue weighted by atomic mass is 10.1. The number of hydrogen-bond acceptors (Lipinski definition) is 7. The molecule has 0 aromatic heterocycles. The predicted molar refractivity (Wildman–Crippen MR) is 127 cm³/mol. The number of aliphatic hydroxyl groups excluding tert-OH is 1. The first kappa shape index (κ1) is 23.6. The third-order valence-electron chi connectivity index (χ3n) is 4.44. The topological polar surface area (TPSA) is 105 Å². The van der Waals surface area contributed by atoms with Gasteiger partial charge in [-0.2, -0.15) is 0 Å². The summed E-state index contributed by atoms with van der Waals surface area (Å²) in [5.41, 5.74) is 1.76. The highest BCUT2D eigenvalue weighted by atomic mass is 79.9. The van der Waals surface area contributed by atoms with Crippen LogP contribution in [0.1, 0.15) is 28.4 Å². The van der Waals surface area contributed by atoms with Crippen molar-refractivity contribution in [2.75, 3.05) is 13.7 Å². The van der Waals surface area contributed by atoms with Gasteiger partial charge in [0.25, 0.3) is 5.91 Å². The van der Waals surface area contributed by atoms with Gasteiger partial charge in [-0.05, 0) is 65.7 Å². The number of phenols is 1. The van der Waals surface area contributed by atoms with E-state index in [1.807, 2.05) is 6.92 Å². The number of aromatic hydroxyl groups is 1. The Hall–Kier alpha value is -3.04. The van der Waals surface area contributed by atoms with E-state index in [0.29, 0.717) is 20.5 Å². The van der Waals surface area contributed by atoms with Crippen molar-refractivity contribution in [2.24, 2.45) is 4.99 Å². The molecule has 9 heteroatoms. The highest BCUT2D eigenvalue weighted by Gasteiger charge is 2.34. The summed E-state index contributed by atoms with van der Waals surface area (Å²) in [7, 11) is 1.42. The van der Waals surface area contributed by atoms with Crippen molar-refractivity contribution in [3.8, 4) is 11.5 Å². The van der Waals surface area contributed by atoms with Crippen LogP contribution >= 0.6 is 27.7 Å². The number of methoxy groups -OCH3 is 1. The minimum Gasteiger partial charge on any atom is -0.506 e. The van der Waals surface area contributed by atoms with Crippen molar-refractivity contribution in [2.45, 2.75) is 13.8 Å². The Morgan fingerprint density at radius 3 is 2.50 bits per heavy atom. The molecule has 0 unspecified atom stereocenters. The molecule has 1 heterocycles. The van der Waals surface area contributed by atoms with Gasteiger partial charge in [-0.1, -0.05) is 29.5 Å². The number of amides is 1. The predicted octanol–water partition coefficient (Wildman–Crippen LogP) is 5.17. The van der Waals surface area contributed by atoms with Gasteiger partial charge in [0.2, 0.25) is 0 Å². The van der Waals surface area contributed by atoms with E-state index in [-0.39, 0.29) is 34.5 Å². The molecule has 0 aliphatic carbocycles. The summed E-state index contributed by atoms with van der Waals surface area (Å²) in [4.78, 5) is 29.5. The van der Waals surface area contributed by atoms with E-state index in [2.05, 4.69) is 20.9 Å². The maximum atomic E-state index is 12.6. The van der Waals surface area contributed by atoms with E-state index in [1.54, 1.807) is 49.4 Å². The quantitative estimate of drug-likeness (QED) is 0.526. The van der Waals surface area contributed by atoms with Gasteiger partial charge in [0.1, 0.15) is 16.4 Å². The molecule has 0 bridgehead atoms. The average Bonchev–Trinajstić information content (AvgIpc) is 3.05. The van der Waals surface area contributed by atoms with Crippen LogP contribution < -0.4 is 4.74 Å². The number of halogens is 1. The number of aliphatic imine (C=N–C) groups is 1. The van der Waals surface area contributed by atoms with Crippen molar-refractivity contribution in [1.29, 1.82) is 0 Å². The number of carbonyl (C=O) groups excluding carboxylic acids is 2. The number of carbonyl (C=O) groups is 2. The van der Waals surface area contributed by atoms with Gasteiger partial charge in [-0.25, -0.2) is 9.79 Å². The van der Waals surface area contributed by atoms with Gasteiger partial charge in [0, 0.05) is 5.56 Å². The molecule has 1 aliphatic rings. The van der Waals surface area contributed by atoms with E-state index in [1.165, 1.54) is 7.11 Å². The van der Waals surface area contributed by atoms with Crippen LogP contribution in [0.5, 0.6) is 11.5 Å². The Balaban J connectivity index is 2.04. The Labute approximate surface area is 197 Å². The van der Waals surface area contributed by atoms with Crippen molar-refractivity contribution < 1.29 is 29.3 Å². The standard InChI is InChI=1S/C23H20BrNO6S/c1-4-31-23(29)18-20(27)17(11-13-9-15(24)19(26)16(10-13)30-3)32-22(18)25-21(28)14-7-5-12(2)6-8-14/h5-11,26-27H,4H2,1-3H3/b17-11-,25-22?. The van der Waals surface area contributed by atoms with Gasteiger partial charge < -0.3 is 19.7 Å². The lowest BCUT2D eigenvalue weighted by Gasteiger charge is -2.07. The van der Waals surface area contributed by atoms with Crippen LogP contribution in [0, 0.1) is 6.92 Å². The second kappa shape index (κ2) is 10.1. The molecule has 7 nitrogen and oxygen atoms in total. The molecule has 1 aliphatic heterocycles. The molecule has 166 valence electrons. The maximum absolute atomic E-state index is 12.6. The molecule has 2 aromatic rings. The fraction of sp³-hybridized carbons (Fsp3) is 0.174. The Morgan fingerprint density at radius 1 is 1.19 bits per heavy atom. The molecule has 0 fully saturated rings. The SMILES string of the molecule is CCOC(=O)C1=C(O)/C(=C/c2cc(Br)c(O)c(OC)c2)SC1=NC(=O)c1ccc(C)cc1. The number of thioether (sulfide) groups is 1. The molecule has 0 saturated heterocycles. The molecule has 2 N–H and O–H groups in total. The minimum atomic E-state index is -0.777. The number of benzene rings is 2. The van der Waals surface area contributed by atoms with Crippen LogP contribution in [-0.2, 0) is 9.53 Å². The van der Waals surface area contributed by atoms with Gasteiger partial charge >= 0.3 is 5.97 Å². The number of phenolic OH excluding ortho intramolecular Hbond substituents is 1. The number of ether oxygens (including phenoxy) is 2. The van der Waals surface area contributed by atoms with Crippen LogP contribution in [0.4, 0.5) is 0 Å². The molecule has 2 aromatic carbocycles. The smallest absolute Gasteiger partial charge is 0.344 e. The van der Waals surface area contributed by atoms with Gasteiger partial charge in [-0.3, -0.25) is 4.79 Å². The molecule has 3 rings (SSSR count). The zero-order valence-electron chi connectivity index (χ0n) is 17.5. The summed E-state index contributed by atoms with van der Waals surface area (Å²) < 4.78 is 10.6. The molecule has 32 heavy (non-hydrogen) atoms. The minimum absolute atomic E-state index is 0.0441. The van der Waals surface area contributed by atoms with Crippen LogP contribution in [0.2, 0.25) is 0 Å². The third-order valence-corrected chi connectivity index (χ3v) is 6.06. The largest absolute Gasteiger partial charge is 0.506 e. The lowest BCUT2D eigenvalue weighted by Crippen LogP contribution is -2.14. The number of aliphatic hydroxyl groups is 1. The number of rotatable bonds is 5. The number of hydrogen-bond donors (Lipinski definition) is 2. The van der Waals surface area contributed by atoms with Gasteiger partial charge in [0.15, 0.2) is 11.5 Å². The summed E-state index contributed by atoms with van der Waals surface area (Å²) in [6.45, 7) is 3.64. The van der Waals surface area contributed by atoms with Crippen molar-refractivity contribution in [3.63, 3.8) is 0 Å². The van der Waals surface area contributed by atoms with E-state index in [9.17, 15) is 19.8 Å². The molecular formula is C23H20BrNO6S. The lowest BCUT2D eigenvalue weighted by molar-refractivity contribution is -0.138. The second-order valence-electron chi connectivity index (χ2n) is 6.70. The van der Waals surface area contributed by atoms with Crippen molar-refractivity contribution in [3.05, 3.63) is 73.8 Å². The zero-order chi connectivity index (χ0) is 23.4. The molecule has 0 spiro atoms. The van der Waals surface area contributed by atoms with E-state index < -0.39 is 11.9 Å². The third kappa shape index (κ3) is 5.05. The van der Waals surface area contributed by atoms with E-state index in [4.69, 9.17) is 9.47 Å². The van der Waals surface area contributed by atoms with Crippen molar-refractivity contribution in [1.82, 2.24) is 0 Å². The van der Waals surface area contributed by atoms with E-state index in [0.717, 1.165) is 17.3 Å². The van der Waals surface area contributed by atoms with Crippen LogP contribution in [0.15, 0.2) is 62.1 Å². The highest BCUT2D eigenvalue weighted by molar-refractivity contribution is 9.10. The summed E-state index contributed by atoms with van der Waals surface area (Å²) in [5, 5.41) is 20.8. The first-order valence-corrected chi connectivity index (χ1v) is 11.1. The summed E-state index contributed by atoms with van der Waals surface area (Å²) in [6.07, 6.45) is 1.59. The summed E-state index contributed by atoms with van der Waals surface area (Å²) in [5.74, 6) is -1.50. The Morgan fingerprint density at radius 2 is 1.88 bits per heavy atom. The fourth-order valence-corrected chi connectivity index (χ4v) is 4.30. The molecule has 0 atom stereocenters. The second-order valence-corrected chi connectivity index (χ2v) is 8.58. The van der Waals surface area contributed by atoms with Crippen LogP contribution in [0.3, 0.4) is 0 Å². The maximum Gasteiger partial charge on any atom is 0.344 e. The monoisotopic (exact) mass is 517 g/mol. The van der Waals surface area contributed by atoms with E-state index >= 15 is 0 Å². The molecule has 0 saturated carbocycles. The summed E-state index contributed by atoms with van der Waals surface area (Å²) >= 11 is 4.22. The van der Waals surface area contributed by atoms with Crippen LogP contribution in [0.25, 0.3) is 6.08 Å². The number of esters is 1. The van der Waals surface area contributed by atoms with Gasteiger partial charge in [-0.15, -0.1) is 0 Å². The highest BCUT2D eigenvalue weighted by Crippen LogP contribution is 2.41. The number of nitrogens with zero attached hydrogens (tertiary/aromatic N) is 1. The van der Waals surface area contributed by atoms with Crippen molar-refractivity contribution >= 4 is 50.7 Å². The van der Waals surface area contributed by atoms with Gasteiger partial charge in [0.05, 0.1) is 23.1 Å². The Bertz CT molecular complexity index is 1170.